The summed E-state index contributed by atoms with van der Waals surface area (Å²) in [6, 6.07) is 0.000217. The second kappa shape index (κ2) is 12.9. The van der Waals surface area contributed by atoms with Gasteiger partial charge in [-0.3, -0.25) is 4.79 Å². The molecule has 0 aliphatic heterocycles. The number of ether oxygens (including phenoxy) is 1. The second-order valence-corrected chi connectivity index (χ2v) is 15.9. The molecule has 238 valence electrons. The van der Waals surface area contributed by atoms with Gasteiger partial charge in [0, 0.05) is 43.5 Å². The van der Waals surface area contributed by atoms with Crippen LogP contribution in [-0.2, 0) is 16.0 Å². The largest absolute Gasteiger partial charge is 0.462 e. The van der Waals surface area contributed by atoms with Crippen LogP contribution in [0.3, 0.4) is 0 Å². The summed E-state index contributed by atoms with van der Waals surface area (Å²) in [6.45, 7) is 15.1. The van der Waals surface area contributed by atoms with Gasteiger partial charge in [-0.1, -0.05) is 60.8 Å². The van der Waals surface area contributed by atoms with Gasteiger partial charge < -0.3 is 20.1 Å². The minimum atomic E-state index is -0.884. The summed E-state index contributed by atoms with van der Waals surface area (Å²) < 4.78 is 5.97. The molecule has 0 bridgehead atoms. The Balaban J connectivity index is 1.37. The van der Waals surface area contributed by atoms with Crippen LogP contribution < -0.4 is 5.32 Å². The van der Waals surface area contributed by atoms with Crippen molar-refractivity contribution in [3.8, 4) is 0 Å². The fourth-order valence-corrected chi connectivity index (χ4v) is 10.9. The van der Waals surface area contributed by atoms with Gasteiger partial charge in [-0.25, -0.2) is 4.98 Å². The van der Waals surface area contributed by atoms with Gasteiger partial charge in [0.15, 0.2) is 0 Å². The first-order valence-electron chi connectivity index (χ1n) is 17.6. The number of imidazole rings is 1. The zero-order valence-corrected chi connectivity index (χ0v) is 27.6. The Morgan fingerprint density at radius 1 is 1.14 bits per heavy atom. The Hall–Kier alpha value is -1.40. The monoisotopic (exact) mass is 583 g/mol. The molecule has 3 N–H and O–H groups in total. The molecule has 6 heteroatoms. The van der Waals surface area contributed by atoms with Crippen LogP contribution in [0.5, 0.6) is 0 Å². The van der Waals surface area contributed by atoms with Crippen molar-refractivity contribution in [1.82, 2.24) is 15.3 Å². The Labute approximate surface area is 255 Å². The van der Waals surface area contributed by atoms with Crippen LogP contribution in [-0.4, -0.2) is 45.3 Å². The van der Waals surface area contributed by atoms with Crippen molar-refractivity contribution in [1.29, 1.82) is 0 Å². The lowest BCUT2D eigenvalue weighted by atomic mass is 9.42. The maximum Gasteiger partial charge on any atom is 0.306 e. The number of carbonyl (C=O) groups excluding carboxylic acids is 1. The van der Waals surface area contributed by atoms with E-state index in [0.29, 0.717) is 30.1 Å². The molecule has 4 aliphatic carbocycles. The molecule has 6 nitrogen and oxygen atoms in total. The zero-order chi connectivity index (χ0) is 30.1. The Kier molecular flexibility index (Phi) is 9.84. The van der Waals surface area contributed by atoms with E-state index in [4.69, 9.17) is 4.74 Å². The number of carbonyl (C=O) groups is 1. The minimum Gasteiger partial charge on any atom is -0.462 e. The number of fused-ring (bicyclic) bond motifs is 5. The Bertz CT molecular complexity index is 1030. The van der Waals surface area contributed by atoms with E-state index < -0.39 is 5.60 Å². The van der Waals surface area contributed by atoms with E-state index in [-0.39, 0.29) is 23.5 Å². The van der Waals surface area contributed by atoms with Gasteiger partial charge in [0.25, 0.3) is 0 Å². The fourth-order valence-electron chi connectivity index (χ4n) is 10.9. The molecule has 1 aromatic heterocycles. The molecule has 4 aliphatic rings. The number of nitrogens with zero attached hydrogens (tertiary/aromatic N) is 1. The maximum absolute atomic E-state index is 12.8. The summed E-state index contributed by atoms with van der Waals surface area (Å²) in [5.74, 6) is 4.22. The lowest BCUT2D eigenvalue weighted by molar-refractivity contribution is -0.237. The van der Waals surface area contributed by atoms with Crippen molar-refractivity contribution in [3.63, 3.8) is 0 Å². The molecule has 42 heavy (non-hydrogen) atoms. The third-order valence-electron chi connectivity index (χ3n) is 13.1. The average molecular weight is 584 g/mol. The standard InChI is InChI=1S/C36H61N3O3/c1-7-9-33(40)42-27-14-18-35(6)31-15-17-34(5)29(25(4)11-8-10-24(2)3)12-13-30(34)28(31)20-32(36(35,41)21-27)38-19-16-26-22-37-23-39-26/h22-25,27-32,38,41H,7-21H2,1-6H3,(H,37,39)/t25-,27+,28+,29-,30+,31+,32-,34-,35-,36+/m1/s1. The van der Waals surface area contributed by atoms with Crippen molar-refractivity contribution in [2.24, 2.45) is 46.3 Å². The topological polar surface area (TPSA) is 87.2 Å². The number of hydrogen-bond donors (Lipinski definition) is 3. The van der Waals surface area contributed by atoms with Gasteiger partial charge >= 0.3 is 5.97 Å². The van der Waals surface area contributed by atoms with Crippen molar-refractivity contribution < 1.29 is 14.6 Å². The van der Waals surface area contributed by atoms with Crippen molar-refractivity contribution >= 4 is 5.97 Å². The van der Waals surface area contributed by atoms with E-state index in [1.807, 2.05) is 13.1 Å². The Morgan fingerprint density at radius 3 is 2.67 bits per heavy atom. The zero-order valence-electron chi connectivity index (χ0n) is 27.6. The first-order valence-corrected chi connectivity index (χ1v) is 17.6. The van der Waals surface area contributed by atoms with E-state index in [1.54, 1.807) is 6.33 Å². The molecule has 5 rings (SSSR count). The summed E-state index contributed by atoms with van der Waals surface area (Å²) >= 11 is 0. The number of aliphatic hydroxyl groups is 1. The molecule has 0 aromatic carbocycles. The van der Waals surface area contributed by atoms with Crippen molar-refractivity contribution in [2.45, 2.75) is 149 Å². The van der Waals surface area contributed by atoms with Crippen molar-refractivity contribution in [2.75, 3.05) is 6.54 Å². The van der Waals surface area contributed by atoms with Crippen LogP contribution in [0.4, 0.5) is 0 Å². The highest BCUT2D eigenvalue weighted by Crippen LogP contribution is 2.69. The van der Waals surface area contributed by atoms with Gasteiger partial charge in [-0.05, 0) is 92.3 Å². The summed E-state index contributed by atoms with van der Waals surface area (Å²) in [4.78, 5) is 20.0. The lowest BCUT2D eigenvalue weighted by Gasteiger charge is -2.66. The first-order chi connectivity index (χ1) is 20.0. The quantitative estimate of drug-likeness (QED) is 0.222. The summed E-state index contributed by atoms with van der Waals surface area (Å²) in [5, 5.41) is 16.7. The number of nitrogens with one attached hydrogen (secondary N) is 2. The maximum atomic E-state index is 12.8. The average Bonchev–Trinajstić information content (AvgIpc) is 3.57. The summed E-state index contributed by atoms with van der Waals surface area (Å²) in [6.07, 6.45) is 18.3. The molecule has 0 radical (unpaired) electrons. The minimum absolute atomic E-state index is 0.000217. The second-order valence-electron chi connectivity index (χ2n) is 15.9. The molecule has 4 saturated carbocycles. The van der Waals surface area contributed by atoms with Gasteiger partial charge in [-0.15, -0.1) is 0 Å². The van der Waals surface area contributed by atoms with E-state index in [2.05, 4.69) is 49.9 Å². The van der Waals surface area contributed by atoms with Gasteiger partial charge in [0.05, 0.1) is 17.6 Å². The normalized spacial score (nSPS) is 40.3. The number of rotatable bonds is 12. The molecule has 0 saturated heterocycles. The van der Waals surface area contributed by atoms with E-state index in [9.17, 15) is 9.90 Å². The molecule has 10 atom stereocenters. The van der Waals surface area contributed by atoms with Crippen LogP contribution in [0.1, 0.15) is 131 Å². The number of H-pyrrole nitrogens is 1. The number of aromatic nitrogens is 2. The highest BCUT2D eigenvalue weighted by molar-refractivity contribution is 5.69. The van der Waals surface area contributed by atoms with Gasteiger partial charge in [0.1, 0.15) is 6.10 Å². The van der Waals surface area contributed by atoms with Gasteiger partial charge in [0.2, 0.25) is 0 Å². The van der Waals surface area contributed by atoms with Crippen LogP contribution in [0.15, 0.2) is 12.5 Å². The predicted molar refractivity (Wildman–Crippen MR) is 169 cm³/mol. The third-order valence-corrected chi connectivity index (χ3v) is 13.1. The molecular formula is C36H61N3O3. The summed E-state index contributed by atoms with van der Waals surface area (Å²) in [7, 11) is 0. The molecule has 0 amide bonds. The van der Waals surface area contributed by atoms with Crippen molar-refractivity contribution in [3.05, 3.63) is 18.2 Å². The van der Waals surface area contributed by atoms with Crippen LogP contribution in [0, 0.1) is 46.3 Å². The predicted octanol–water partition coefficient (Wildman–Crippen LogP) is 7.47. The number of esters is 1. The molecule has 0 unspecified atom stereocenters. The molecular weight excluding hydrogens is 522 g/mol. The SMILES string of the molecule is CCCC(=O)O[C@H]1CC[C@]2(C)[C@H]3CC[C@]4(C)[C@@H]([C@H](C)CCCC(C)C)CC[C@H]4[C@@H]3C[C@@H](NCCc3c[nH]cn3)[C@@]2(O)C1. The Morgan fingerprint density at radius 2 is 1.95 bits per heavy atom. The van der Waals surface area contributed by atoms with Gasteiger partial charge in [-0.2, -0.15) is 0 Å². The molecule has 4 fully saturated rings. The fraction of sp³-hybridized carbons (Fsp3) is 0.889. The van der Waals surface area contributed by atoms with E-state index in [1.165, 1.54) is 44.9 Å². The lowest BCUT2D eigenvalue weighted by Crippen LogP contribution is -2.71. The third kappa shape index (κ3) is 5.97. The van der Waals surface area contributed by atoms with E-state index in [0.717, 1.165) is 68.0 Å². The first kappa shape index (κ1) is 32.0. The molecule has 1 heterocycles. The van der Waals surface area contributed by atoms with E-state index >= 15 is 0 Å². The van der Waals surface area contributed by atoms with Crippen LogP contribution in [0.2, 0.25) is 0 Å². The van der Waals surface area contributed by atoms with Crippen LogP contribution >= 0.6 is 0 Å². The van der Waals surface area contributed by atoms with Crippen LogP contribution in [0.25, 0.3) is 0 Å². The molecule has 0 spiro atoms. The smallest absolute Gasteiger partial charge is 0.306 e. The molecule has 1 aromatic rings. The number of aromatic amines is 1. The number of hydrogen-bond acceptors (Lipinski definition) is 5. The summed E-state index contributed by atoms with van der Waals surface area (Å²) in [5.41, 5.74) is 0.411. The highest BCUT2D eigenvalue weighted by atomic mass is 16.5. The highest BCUT2D eigenvalue weighted by Gasteiger charge is 2.67.